The molecule has 0 aliphatic heterocycles. The number of carbonyl (C=O) groups is 1. The molecule has 0 aliphatic rings. The van der Waals surface area contributed by atoms with Crippen molar-refractivity contribution in [2.24, 2.45) is 0 Å². The monoisotopic (exact) mass is 516 g/mol. The Morgan fingerprint density at radius 1 is 1.16 bits per heavy atom. The number of aromatic nitrogens is 3. The number of hydrogen-bond acceptors (Lipinski definition) is 5. The quantitative estimate of drug-likeness (QED) is 0.222. The standard InChI is InChI=1S/C21H27Cl3N4O3Si/c1-5-30-12-16-26-17-18(28(16)13-31-10-11-32(2,3)4)14-8-6-7-9-15(14)25-19(17)27-20(29)21(22,23)24/h6-9H,5,10-13H2,1-4H3,(H,25,27,29). The summed E-state index contributed by atoms with van der Waals surface area (Å²) in [5, 5.41) is 3.48. The maximum atomic E-state index is 12.4. The zero-order valence-electron chi connectivity index (χ0n) is 18.5. The average Bonchev–Trinajstić information content (AvgIpc) is 3.07. The molecule has 0 bridgehead atoms. The van der Waals surface area contributed by atoms with Crippen molar-refractivity contribution in [2.75, 3.05) is 18.5 Å². The van der Waals surface area contributed by atoms with Gasteiger partial charge in [-0.2, -0.15) is 0 Å². The van der Waals surface area contributed by atoms with Crippen LogP contribution in [0.5, 0.6) is 0 Å². The lowest BCUT2D eigenvalue weighted by atomic mass is 10.2. The second-order valence-electron chi connectivity index (χ2n) is 8.57. The highest BCUT2D eigenvalue weighted by molar-refractivity contribution is 6.77. The number of amides is 1. The Balaban J connectivity index is 2.11. The highest BCUT2D eigenvalue weighted by atomic mass is 35.6. The van der Waals surface area contributed by atoms with Gasteiger partial charge in [0, 0.05) is 26.7 Å². The van der Waals surface area contributed by atoms with E-state index in [2.05, 4.69) is 29.9 Å². The van der Waals surface area contributed by atoms with E-state index < -0.39 is 17.8 Å². The van der Waals surface area contributed by atoms with Crippen LogP contribution >= 0.6 is 34.8 Å². The molecule has 0 spiro atoms. The number of anilines is 1. The van der Waals surface area contributed by atoms with Crippen molar-refractivity contribution < 1.29 is 14.3 Å². The van der Waals surface area contributed by atoms with Crippen LogP contribution < -0.4 is 5.32 Å². The Bertz CT molecular complexity index is 1110. The Hall–Kier alpha value is -1.42. The molecule has 174 valence electrons. The lowest BCUT2D eigenvalue weighted by Gasteiger charge is -2.17. The van der Waals surface area contributed by atoms with Gasteiger partial charge < -0.3 is 19.4 Å². The fraction of sp³-hybridized carbons (Fsp3) is 0.476. The summed E-state index contributed by atoms with van der Waals surface area (Å²) in [4.78, 5) is 21.6. The maximum absolute atomic E-state index is 12.4. The summed E-state index contributed by atoms with van der Waals surface area (Å²) >= 11 is 17.3. The van der Waals surface area contributed by atoms with Crippen molar-refractivity contribution in [3.8, 4) is 0 Å². The Morgan fingerprint density at radius 2 is 1.88 bits per heavy atom. The highest BCUT2D eigenvalue weighted by Crippen LogP contribution is 2.33. The summed E-state index contributed by atoms with van der Waals surface area (Å²) in [5.41, 5.74) is 1.93. The number of nitrogens with one attached hydrogen (secondary N) is 1. The maximum Gasteiger partial charge on any atom is 0.277 e. The zero-order chi connectivity index (χ0) is 23.5. The van der Waals surface area contributed by atoms with Crippen LogP contribution in [-0.2, 0) is 27.6 Å². The van der Waals surface area contributed by atoms with Gasteiger partial charge in [0.1, 0.15) is 24.7 Å². The smallest absolute Gasteiger partial charge is 0.277 e. The molecular formula is C21H27Cl3N4O3Si. The van der Waals surface area contributed by atoms with Gasteiger partial charge in [-0.15, -0.1) is 0 Å². The molecule has 2 heterocycles. The predicted molar refractivity (Wildman–Crippen MR) is 133 cm³/mol. The van der Waals surface area contributed by atoms with E-state index in [4.69, 9.17) is 49.3 Å². The number of para-hydroxylation sites is 1. The third-order valence-corrected chi connectivity index (χ3v) is 7.02. The Morgan fingerprint density at radius 3 is 2.53 bits per heavy atom. The summed E-state index contributed by atoms with van der Waals surface area (Å²) in [6.45, 7) is 10.6. The molecule has 0 saturated heterocycles. The Labute approximate surface area is 203 Å². The first-order valence-electron chi connectivity index (χ1n) is 10.3. The van der Waals surface area contributed by atoms with Gasteiger partial charge in [0.05, 0.1) is 11.0 Å². The molecule has 1 amide bonds. The molecule has 0 atom stereocenters. The molecule has 0 saturated carbocycles. The number of nitrogens with zero attached hydrogens (tertiary/aromatic N) is 3. The molecule has 2 aromatic heterocycles. The van der Waals surface area contributed by atoms with Crippen LogP contribution in [0.25, 0.3) is 21.9 Å². The van der Waals surface area contributed by atoms with Crippen LogP contribution in [0, 0.1) is 0 Å². The van der Waals surface area contributed by atoms with Crippen LogP contribution in [-0.4, -0.2) is 45.5 Å². The minimum Gasteiger partial charge on any atom is -0.374 e. The van der Waals surface area contributed by atoms with Crippen molar-refractivity contribution in [3.05, 3.63) is 30.1 Å². The predicted octanol–water partition coefficient (Wildman–Crippen LogP) is 5.74. The molecule has 1 N–H and O–H groups in total. The van der Waals surface area contributed by atoms with Gasteiger partial charge in [-0.25, -0.2) is 9.97 Å². The first-order valence-corrected chi connectivity index (χ1v) is 15.2. The fourth-order valence-corrected chi connectivity index (χ4v) is 4.02. The number of benzene rings is 1. The second-order valence-corrected chi connectivity index (χ2v) is 16.5. The van der Waals surface area contributed by atoms with Crippen LogP contribution in [0.3, 0.4) is 0 Å². The lowest BCUT2D eigenvalue weighted by Crippen LogP contribution is -2.27. The topological polar surface area (TPSA) is 78.3 Å². The van der Waals surface area contributed by atoms with Crippen LogP contribution in [0.2, 0.25) is 25.7 Å². The normalized spacial score (nSPS) is 12.6. The summed E-state index contributed by atoms with van der Waals surface area (Å²) in [6, 6.07) is 8.65. The number of hydrogen-bond donors (Lipinski definition) is 1. The number of fused-ring (bicyclic) bond motifs is 3. The number of rotatable bonds is 9. The molecule has 32 heavy (non-hydrogen) atoms. The number of carbonyl (C=O) groups excluding carboxylic acids is 1. The van der Waals surface area contributed by atoms with E-state index in [1.165, 1.54) is 0 Å². The number of imidazole rings is 1. The van der Waals surface area contributed by atoms with Crippen LogP contribution in [0.4, 0.5) is 5.82 Å². The third-order valence-electron chi connectivity index (χ3n) is 4.80. The molecule has 1 aromatic carbocycles. The van der Waals surface area contributed by atoms with E-state index in [1.54, 1.807) is 0 Å². The molecule has 3 rings (SSSR count). The van der Waals surface area contributed by atoms with Crippen LogP contribution in [0.15, 0.2) is 24.3 Å². The number of halogens is 3. The average molecular weight is 518 g/mol. The van der Waals surface area contributed by atoms with E-state index in [1.807, 2.05) is 35.8 Å². The minimum absolute atomic E-state index is 0.216. The van der Waals surface area contributed by atoms with Gasteiger partial charge in [0.2, 0.25) is 0 Å². The SMILES string of the molecule is CCOCc1nc2c(NC(=O)C(Cl)(Cl)Cl)nc3ccccc3c2n1COCC[Si](C)(C)C. The summed E-state index contributed by atoms with van der Waals surface area (Å²) in [6.07, 6.45) is 0. The fourth-order valence-electron chi connectivity index (χ4n) is 3.12. The van der Waals surface area contributed by atoms with Crippen molar-refractivity contribution >= 4 is 76.5 Å². The van der Waals surface area contributed by atoms with Gasteiger partial charge >= 0.3 is 0 Å². The van der Waals surface area contributed by atoms with Gasteiger partial charge in [0.25, 0.3) is 9.70 Å². The molecular weight excluding hydrogens is 491 g/mol. The molecule has 3 aromatic rings. The Kier molecular flexibility index (Phi) is 8.06. The van der Waals surface area contributed by atoms with E-state index in [0.717, 1.165) is 16.9 Å². The van der Waals surface area contributed by atoms with Crippen LogP contribution in [0.1, 0.15) is 12.7 Å². The molecule has 7 nitrogen and oxygen atoms in total. The van der Waals surface area contributed by atoms with Crippen molar-refractivity contribution in [2.45, 2.75) is 49.7 Å². The molecule has 0 radical (unpaired) electrons. The molecule has 0 aliphatic carbocycles. The molecule has 0 fully saturated rings. The second kappa shape index (κ2) is 10.2. The van der Waals surface area contributed by atoms with E-state index in [0.29, 0.717) is 36.8 Å². The first kappa shape index (κ1) is 25.2. The van der Waals surface area contributed by atoms with Gasteiger partial charge in [0.15, 0.2) is 5.82 Å². The van der Waals surface area contributed by atoms with E-state index in [-0.39, 0.29) is 12.4 Å². The molecule has 11 heteroatoms. The van der Waals surface area contributed by atoms with E-state index in [9.17, 15) is 4.79 Å². The van der Waals surface area contributed by atoms with E-state index >= 15 is 0 Å². The molecule has 0 unspecified atom stereocenters. The summed E-state index contributed by atoms with van der Waals surface area (Å²) < 4.78 is 11.5. The van der Waals surface area contributed by atoms with Gasteiger partial charge in [-0.1, -0.05) is 72.6 Å². The first-order chi connectivity index (χ1) is 15.0. The largest absolute Gasteiger partial charge is 0.374 e. The van der Waals surface area contributed by atoms with Crippen molar-refractivity contribution in [1.82, 2.24) is 14.5 Å². The number of alkyl halides is 3. The zero-order valence-corrected chi connectivity index (χ0v) is 21.8. The highest BCUT2D eigenvalue weighted by Gasteiger charge is 2.32. The number of ether oxygens (including phenoxy) is 2. The number of pyridine rings is 1. The minimum atomic E-state index is -2.13. The third kappa shape index (κ3) is 6.12. The summed E-state index contributed by atoms with van der Waals surface area (Å²) in [5.74, 6) is 0.0740. The van der Waals surface area contributed by atoms with Gasteiger partial charge in [-0.05, 0) is 19.0 Å². The lowest BCUT2D eigenvalue weighted by molar-refractivity contribution is -0.115. The van der Waals surface area contributed by atoms with Gasteiger partial charge in [-0.3, -0.25) is 4.79 Å². The summed E-state index contributed by atoms with van der Waals surface area (Å²) in [7, 11) is -1.23. The van der Waals surface area contributed by atoms with Crippen molar-refractivity contribution in [3.63, 3.8) is 0 Å². The van der Waals surface area contributed by atoms with Crippen molar-refractivity contribution in [1.29, 1.82) is 0 Å².